The van der Waals surface area contributed by atoms with Gasteiger partial charge in [0.05, 0.1) is 11.4 Å². The van der Waals surface area contributed by atoms with E-state index in [1.165, 1.54) is 11.6 Å². The molecule has 0 amide bonds. The average molecular weight is 497 g/mol. The predicted molar refractivity (Wildman–Crippen MR) is 132 cm³/mol. The standard InChI is InChI=1S/C28H24N4O5/c1-3-31-26(35)18(14-29)15(2)19(27(31)36)21-24(33)22(25(21)34)20-23(16-10-6-4-7-11-16)30-32(28(20)37)17-12-8-5-9-13-17/h4-13,21-22,24-25,30,36H,3H2,1-2H3/q-2. The van der Waals surface area contributed by atoms with Gasteiger partial charge in [-0.1, -0.05) is 48.5 Å². The number of nitriles is 1. The van der Waals surface area contributed by atoms with Gasteiger partial charge < -0.3 is 15.3 Å². The number of aromatic nitrogens is 3. The molecule has 0 radical (unpaired) electrons. The van der Waals surface area contributed by atoms with Crippen LogP contribution in [0.15, 0.2) is 70.3 Å². The van der Waals surface area contributed by atoms with Crippen LogP contribution in [0.3, 0.4) is 0 Å². The maximum atomic E-state index is 13.7. The lowest BCUT2D eigenvalue weighted by molar-refractivity contribution is -0.536. The largest absolute Gasteiger partial charge is 0.851 e. The third-order valence-corrected chi connectivity index (χ3v) is 7.25. The van der Waals surface area contributed by atoms with Crippen LogP contribution in [0, 0.1) is 18.3 Å². The normalized spacial score (nSPS) is 20.8. The molecule has 1 saturated carbocycles. The number of nitrogens with zero attached hydrogens (tertiary/aromatic N) is 3. The highest BCUT2D eigenvalue weighted by Gasteiger charge is 2.44. The molecule has 0 saturated heterocycles. The van der Waals surface area contributed by atoms with Gasteiger partial charge in [-0.05, 0) is 48.9 Å². The van der Waals surface area contributed by atoms with E-state index < -0.39 is 41.0 Å². The Morgan fingerprint density at radius 1 is 0.946 bits per heavy atom. The van der Waals surface area contributed by atoms with E-state index in [-0.39, 0.29) is 28.8 Å². The smallest absolute Gasteiger partial charge is 0.275 e. The van der Waals surface area contributed by atoms with E-state index in [2.05, 4.69) is 5.10 Å². The fourth-order valence-electron chi connectivity index (χ4n) is 5.34. The van der Waals surface area contributed by atoms with Crippen molar-refractivity contribution in [3.63, 3.8) is 0 Å². The Kier molecular flexibility index (Phi) is 6.07. The van der Waals surface area contributed by atoms with Crippen molar-refractivity contribution < 1.29 is 15.3 Å². The molecular formula is C28H24N4O5-2. The summed E-state index contributed by atoms with van der Waals surface area (Å²) in [4.78, 5) is 26.2. The molecule has 2 heterocycles. The fourth-order valence-corrected chi connectivity index (χ4v) is 5.34. The zero-order valence-electron chi connectivity index (χ0n) is 20.2. The van der Waals surface area contributed by atoms with Crippen LogP contribution in [0.25, 0.3) is 16.9 Å². The second-order valence-electron chi connectivity index (χ2n) is 9.12. The topological polar surface area (TPSA) is 150 Å². The van der Waals surface area contributed by atoms with Gasteiger partial charge in [0.15, 0.2) is 5.88 Å². The van der Waals surface area contributed by atoms with Gasteiger partial charge in [-0.3, -0.25) is 19.3 Å². The summed E-state index contributed by atoms with van der Waals surface area (Å²) in [5.74, 6) is -2.90. The number of aromatic amines is 1. The first-order chi connectivity index (χ1) is 17.8. The minimum absolute atomic E-state index is 0.00873. The first-order valence-electron chi connectivity index (χ1n) is 12.0. The number of H-pyrrole nitrogens is 1. The number of aromatic hydroxyl groups is 1. The van der Waals surface area contributed by atoms with E-state index in [4.69, 9.17) is 0 Å². The van der Waals surface area contributed by atoms with Crippen LogP contribution in [0.1, 0.15) is 41.0 Å². The van der Waals surface area contributed by atoms with E-state index in [0.29, 0.717) is 16.9 Å². The molecule has 2 aromatic heterocycles. The van der Waals surface area contributed by atoms with Crippen LogP contribution in [0.2, 0.25) is 0 Å². The molecule has 9 heteroatoms. The molecule has 0 aliphatic heterocycles. The Hall–Kier alpha value is -4.39. The fraction of sp³-hybridized carbons (Fsp3) is 0.250. The summed E-state index contributed by atoms with van der Waals surface area (Å²) in [5.41, 5.74) is 0.435. The van der Waals surface area contributed by atoms with Crippen molar-refractivity contribution in [2.75, 3.05) is 0 Å². The highest BCUT2D eigenvalue weighted by molar-refractivity contribution is 5.65. The predicted octanol–water partition coefficient (Wildman–Crippen LogP) is 1.24. The SMILES string of the molecule is CCn1c(O)c(C2C([O-])C(c3c(-c4ccccc4)[nH]n(-c4ccccc4)c3=O)C2[O-])c(C)c(C#N)c1=O. The summed E-state index contributed by atoms with van der Waals surface area (Å²) in [6, 6.07) is 19.7. The lowest BCUT2D eigenvalue weighted by Gasteiger charge is -2.61. The van der Waals surface area contributed by atoms with Gasteiger partial charge in [-0.15, -0.1) is 12.2 Å². The van der Waals surface area contributed by atoms with Crippen molar-refractivity contribution in [3.05, 3.63) is 104 Å². The van der Waals surface area contributed by atoms with Gasteiger partial charge in [0.25, 0.3) is 11.1 Å². The van der Waals surface area contributed by atoms with Gasteiger partial charge in [0, 0.05) is 17.7 Å². The molecule has 5 rings (SSSR count). The van der Waals surface area contributed by atoms with Crippen LogP contribution in [-0.4, -0.2) is 31.7 Å². The monoisotopic (exact) mass is 496 g/mol. The minimum Gasteiger partial charge on any atom is -0.851 e. The van der Waals surface area contributed by atoms with Crippen molar-refractivity contribution in [1.82, 2.24) is 14.3 Å². The average Bonchev–Trinajstić information content (AvgIpc) is 3.24. The molecule has 1 aliphatic rings. The molecule has 0 bridgehead atoms. The van der Waals surface area contributed by atoms with Crippen molar-refractivity contribution in [2.24, 2.45) is 0 Å². The number of hydrogen-bond donors (Lipinski definition) is 2. The van der Waals surface area contributed by atoms with Crippen molar-refractivity contribution in [2.45, 2.75) is 44.4 Å². The van der Waals surface area contributed by atoms with Crippen LogP contribution >= 0.6 is 0 Å². The second kappa shape index (κ2) is 9.24. The lowest BCUT2D eigenvalue weighted by atomic mass is 9.62. The highest BCUT2D eigenvalue weighted by Crippen LogP contribution is 2.49. The third kappa shape index (κ3) is 3.61. The minimum atomic E-state index is -1.57. The van der Waals surface area contributed by atoms with Crippen LogP contribution in [-0.2, 0) is 6.54 Å². The first-order valence-corrected chi connectivity index (χ1v) is 12.0. The molecule has 188 valence electrons. The zero-order valence-corrected chi connectivity index (χ0v) is 20.2. The molecule has 2 N–H and O–H groups in total. The first kappa shape index (κ1) is 24.3. The molecule has 1 fully saturated rings. The summed E-state index contributed by atoms with van der Waals surface area (Å²) in [6.45, 7) is 3.13. The van der Waals surface area contributed by atoms with Crippen LogP contribution < -0.4 is 21.3 Å². The summed E-state index contributed by atoms with van der Waals surface area (Å²) < 4.78 is 2.31. The molecule has 2 unspecified atom stereocenters. The summed E-state index contributed by atoms with van der Waals surface area (Å²) in [7, 11) is 0. The molecule has 4 aromatic rings. The molecule has 0 spiro atoms. The number of nitrogens with one attached hydrogen (secondary N) is 1. The molecule has 2 aromatic carbocycles. The molecular weight excluding hydrogens is 472 g/mol. The Morgan fingerprint density at radius 3 is 2.08 bits per heavy atom. The maximum absolute atomic E-state index is 13.7. The number of hydrogen-bond acceptors (Lipinski definition) is 6. The van der Waals surface area contributed by atoms with Gasteiger partial charge in [0.1, 0.15) is 11.6 Å². The maximum Gasteiger partial charge on any atom is 0.275 e. The molecule has 9 nitrogen and oxygen atoms in total. The highest BCUT2D eigenvalue weighted by atomic mass is 16.3. The van der Waals surface area contributed by atoms with Crippen LogP contribution in [0.4, 0.5) is 0 Å². The van der Waals surface area contributed by atoms with E-state index in [0.717, 1.165) is 4.57 Å². The molecule has 2 atom stereocenters. The number of rotatable bonds is 5. The van der Waals surface area contributed by atoms with Gasteiger partial charge in [-0.25, -0.2) is 4.68 Å². The Bertz CT molecular complexity index is 1620. The summed E-state index contributed by atoms with van der Waals surface area (Å²) in [6.07, 6.45) is -3.15. The van der Waals surface area contributed by atoms with E-state index in [1.807, 2.05) is 18.2 Å². The molecule has 37 heavy (non-hydrogen) atoms. The van der Waals surface area contributed by atoms with E-state index in [9.17, 15) is 30.2 Å². The zero-order chi connectivity index (χ0) is 26.4. The van der Waals surface area contributed by atoms with Crippen molar-refractivity contribution >= 4 is 0 Å². The summed E-state index contributed by atoms with van der Waals surface area (Å²) in [5, 5.41) is 50.8. The van der Waals surface area contributed by atoms with Gasteiger partial charge >= 0.3 is 0 Å². The lowest BCUT2D eigenvalue weighted by Crippen LogP contribution is -2.64. The Morgan fingerprint density at radius 2 is 1.51 bits per heavy atom. The molecule has 1 aliphatic carbocycles. The number of para-hydroxylation sites is 1. The number of benzene rings is 2. The Labute approximate surface area is 212 Å². The van der Waals surface area contributed by atoms with Crippen molar-refractivity contribution in [3.8, 4) is 28.9 Å². The van der Waals surface area contributed by atoms with Crippen molar-refractivity contribution in [1.29, 1.82) is 5.26 Å². The quantitative estimate of drug-likeness (QED) is 0.424. The van der Waals surface area contributed by atoms with Gasteiger partial charge in [0.2, 0.25) is 0 Å². The van der Waals surface area contributed by atoms with E-state index >= 15 is 0 Å². The second-order valence-corrected chi connectivity index (χ2v) is 9.12. The van der Waals surface area contributed by atoms with Crippen LogP contribution in [0.5, 0.6) is 5.88 Å². The van der Waals surface area contributed by atoms with E-state index in [1.54, 1.807) is 55.5 Å². The van der Waals surface area contributed by atoms with Gasteiger partial charge in [-0.2, -0.15) is 5.26 Å². The summed E-state index contributed by atoms with van der Waals surface area (Å²) >= 11 is 0. The number of pyridine rings is 1. The Balaban J connectivity index is 1.66. The third-order valence-electron chi connectivity index (χ3n) is 7.25.